The summed E-state index contributed by atoms with van der Waals surface area (Å²) in [5.41, 5.74) is 3.45. The molecule has 0 bridgehead atoms. The van der Waals surface area contributed by atoms with Gasteiger partial charge < -0.3 is 38.2 Å². The monoisotopic (exact) mass is 793 g/mol. The van der Waals surface area contributed by atoms with E-state index >= 15 is 0 Å². The summed E-state index contributed by atoms with van der Waals surface area (Å²) in [5.74, 6) is 3.36. The number of ether oxygens (including phenoxy) is 6. The second-order valence-corrected chi connectivity index (χ2v) is 15.1. The number of rotatable bonds is 22. The van der Waals surface area contributed by atoms with E-state index in [2.05, 4.69) is 52.3 Å². The predicted octanol–water partition coefficient (Wildman–Crippen LogP) is 9.31. The van der Waals surface area contributed by atoms with Crippen LogP contribution in [0, 0.1) is 0 Å². The highest BCUT2D eigenvalue weighted by Gasteiger charge is 2.17. The Bertz CT molecular complexity index is 2000. The molecule has 4 aromatic carbocycles. The van der Waals surface area contributed by atoms with Gasteiger partial charge in [0, 0.05) is 37.3 Å². The minimum absolute atomic E-state index is 0.188. The van der Waals surface area contributed by atoms with E-state index in [4.69, 9.17) is 33.4 Å². The number of methoxy groups -OCH3 is 4. The number of para-hydroxylation sites is 1. The fourth-order valence-electron chi connectivity index (χ4n) is 6.93. The van der Waals surface area contributed by atoms with Crippen molar-refractivity contribution < 1.29 is 33.2 Å². The normalized spacial score (nSPS) is 13.5. The summed E-state index contributed by atoms with van der Waals surface area (Å²) in [7, 11) is 6.21. The van der Waals surface area contributed by atoms with Gasteiger partial charge in [-0.05, 0) is 124 Å². The molecule has 57 heavy (non-hydrogen) atoms. The Morgan fingerprint density at radius 3 is 1.91 bits per heavy atom. The number of hydrogen-bond donors (Lipinski definition) is 0. The minimum atomic E-state index is -0.188. The fourth-order valence-corrected chi connectivity index (χ4v) is 7.90. The van der Waals surface area contributed by atoms with Crippen LogP contribution in [0.5, 0.6) is 34.5 Å². The van der Waals surface area contributed by atoms with Crippen molar-refractivity contribution in [2.75, 3.05) is 80.9 Å². The molecule has 1 aliphatic rings. The summed E-state index contributed by atoms with van der Waals surface area (Å²) in [6, 6.07) is 25.5. The summed E-state index contributed by atoms with van der Waals surface area (Å²) in [6.07, 6.45) is 9.95. The number of carbonyl (C=O) groups is 1. The van der Waals surface area contributed by atoms with Crippen molar-refractivity contribution >= 4 is 33.4 Å². The van der Waals surface area contributed by atoms with E-state index in [1.54, 1.807) is 36.7 Å². The van der Waals surface area contributed by atoms with Crippen LogP contribution in [0.15, 0.2) is 84.9 Å². The number of piperazine rings is 1. The smallest absolute Gasteiger partial charge is 0.203 e. The Kier molecular flexibility index (Phi) is 15.6. The Morgan fingerprint density at radius 2 is 1.30 bits per heavy atom. The maximum Gasteiger partial charge on any atom is 0.203 e. The third-order valence-corrected chi connectivity index (χ3v) is 11.3. The van der Waals surface area contributed by atoms with Gasteiger partial charge in [0.2, 0.25) is 5.75 Å². The number of ketones is 1. The summed E-state index contributed by atoms with van der Waals surface area (Å²) in [6.45, 7) is 8.17. The molecule has 5 aromatic rings. The first-order valence-electron chi connectivity index (χ1n) is 19.8. The van der Waals surface area contributed by atoms with E-state index in [-0.39, 0.29) is 5.78 Å². The van der Waals surface area contributed by atoms with Crippen LogP contribution in [0.25, 0.3) is 26.9 Å². The average Bonchev–Trinajstić information content (AvgIpc) is 3.70. The van der Waals surface area contributed by atoms with E-state index < -0.39 is 0 Å². The molecule has 1 fully saturated rings. The lowest BCUT2D eigenvalue weighted by Gasteiger charge is -2.34. The van der Waals surface area contributed by atoms with Crippen molar-refractivity contribution in [3.63, 3.8) is 0 Å². The molecule has 0 radical (unpaired) electrons. The molecule has 0 unspecified atom stereocenters. The minimum Gasteiger partial charge on any atom is -0.494 e. The highest BCUT2D eigenvalue weighted by atomic mass is 32.1. The average molecular weight is 794 g/mol. The van der Waals surface area contributed by atoms with Crippen molar-refractivity contribution in [3.8, 4) is 45.1 Å². The van der Waals surface area contributed by atoms with Crippen LogP contribution < -0.4 is 28.4 Å². The molecule has 0 N–H and O–H groups in total. The molecule has 10 nitrogen and oxygen atoms in total. The zero-order valence-corrected chi connectivity index (χ0v) is 34.5. The van der Waals surface area contributed by atoms with E-state index in [0.717, 1.165) is 99.0 Å². The summed E-state index contributed by atoms with van der Waals surface area (Å²) in [4.78, 5) is 23.0. The van der Waals surface area contributed by atoms with Gasteiger partial charge in [0.15, 0.2) is 28.8 Å². The number of aromatic nitrogens is 1. The number of carbonyl (C=O) groups excluding carboxylic acids is 1. The first kappa shape index (κ1) is 41.5. The Labute approximate surface area is 340 Å². The quantitative estimate of drug-likeness (QED) is 0.0384. The molecule has 0 atom stereocenters. The molecule has 0 amide bonds. The van der Waals surface area contributed by atoms with Crippen LogP contribution in [0.3, 0.4) is 0 Å². The van der Waals surface area contributed by atoms with Gasteiger partial charge in [-0.3, -0.25) is 4.79 Å². The largest absolute Gasteiger partial charge is 0.494 e. The van der Waals surface area contributed by atoms with Crippen LogP contribution in [-0.4, -0.2) is 101 Å². The molecule has 2 heterocycles. The van der Waals surface area contributed by atoms with Crippen molar-refractivity contribution in [3.05, 3.63) is 96.1 Å². The molecular formula is C46H55N3O7S. The second-order valence-electron chi connectivity index (χ2n) is 14.0. The number of benzene rings is 4. The molecule has 1 aliphatic heterocycles. The Hall–Kier alpha value is -5.10. The number of fused-ring (bicyclic) bond motifs is 1. The lowest BCUT2D eigenvalue weighted by Crippen LogP contribution is -2.46. The molecule has 0 aliphatic carbocycles. The number of hydrogen-bond acceptors (Lipinski definition) is 11. The van der Waals surface area contributed by atoms with Gasteiger partial charge in [0.05, 0.1) is 51.9 Å². The molecule has 0 spiro atoms. The predicted molar refractivity (Wildman–Crippen MR) is 229 cm³/mol. The summed E-state index contributed by atoms with van der Waals surface area (Å²) < 4.78 is 35.1. The summed E-state index contributed by atoms with van der Waals surface area (Å²) >= 11 is 1.72. The molecule has 1 aromatic heterocycles. The first-order valence-corrected chi connectivity index (χ1v) is 20.7. The van der Waals surface area contributed by atoms with Crippen LogP contribution in [0.2, 0.25) is 0 Å². The highest BCUT2D eigenvalue weighted by molar-refractivity contribution is 7.21. The molecule has 11 heteroatoms. The van der Waals surface area contributed by atoms with Gasteiger partial charge in [-0.1, -0.05) is 24.3 Å². The summed E-state index contributed by atoms with van der Waals surface area (Å²) in [5, 5.41) is 1.05. The maximum atomic E-state index is 13.0. The number of thiazole rings is 1. The van der Waals surface area contributed by atoms with Crippen LogP contribution in [0.1, 0.15) is 54.4 Å². The van der Waals surface area contributed by atoms with Gasteiger partial charge in [-0.15, -0.1) is 11.3 Å². The van der Waals surface area contributed by atoms with Gasteiger partial charge >= 0.3 is 0 Å². The lowest BCUT2D eigenvalue weighted by atomic mass is 10.1. The molecule has 1 saturated heterocycles. The number of nitrogens with zero attached hydrogens (tertiary/aromatic N) is 3. The maximum absolute atomic E-state index is 13.0. The van der Waals surface area contributed by atoms with Gasteiger partial charge in [-0.2, -0.15) is 0 Å². The second kappa shape index (κ2) is 21.4. The number of allylic oxidation sites excluding steroid dienone is 1. The third-order valence-electron chi connectivity index (χ3n) is 10.2. The molecule has 6 rings (SSSR count). The highest BCUT2D eigenvalue weighted by Crippen LogP contribution is 2.38. The zero-order valence-electron chi connectivity index (χ0n) is 33.7. The molecule has 0 saturated carbocycles. The Morgan fingerprint density at radius 1 is 0.667 bits per heavy atom. The standard InChI is InChI=1S/C46H55N3O7S/c1-51-40-22-16-34(15-21-39(50)36-32-42(52-2)45(54-4)43(33-36)53-3)31-41(40)56-30-12-6-10-24-49-27-25-48(26-28-49)23-9-5-11-29-55-37-19-17-35(18-20-37)46-47-38-13-7-8-14-44(38)57-46/h7-8,13-22,31-33H,5-6,9-12,23-30H2,1-4H3/b21-15+. The SMILES string of the molecule is COc1ccc(/C=C/C(=O)c2cc(OC)c(OC)c(OC)c2)cc1OCCCCCN1CCN(CCCCCOc2ccc(-c3nc4ccccc4s3)cc2)CC1. The van der Waals surface area contributed by atoms with Crippen molar-refractivity contribution in [1.29, 1.82) is 0 Å². The zero-order chi connectivity index (χ0) is 39.8. The topological polar surface area (TPSA) is 91.8 Å². The molecular weight excluding hydrogens is 739 g/mol. The van der Waals surface area contributed by atoms with Gasteiger partial charge in [0.1, 0.15) is 10.8 Å². The number of unbranched alkanes of at least 4 members (excludes halogenated alkanes) is 4. The third kappa shape index (κ3) is 11.7. The van der Waals surface area contributed by atoms with Gasteiger partial charge in [0.25, 0.3) is 0 Å². The lowest BCUT2D eigenvalue weighted by molar-refractivity contribution is 0.104. The molecule has 302 valence electrons. The van der Waals surface area contributed by atoms with Crippen LogP contribution in [-0.2, 0) is 0 Å². The fraction of sp³-hybridized carbons (Fsp3) is 0.391. The first-order chi connectivity index (χ1) is 28.0. The van der Waals surface area contributed by atoms with Crippen LogP contribution in [0.4, 0.5) is 0 Å². The van der Waals surface area contributed by atoms with Crippen LogP contribution >= 0.6 is 11.3 Å². The van der Waals surface area contributed by atoms with E-state index in [1.165, 1.54) is 44.9 Å². The van der Waals surface area contributed by atoms with E-state index in [0.29, 0.717) is 40.9 Å². The van der Waals surface area contributed by atoms with Gasteiger partial charge in [-0.25, -0.2) is 4.98 Å². The van der Waals surface area contributed by atoms with E-state index in [9.17, 15) is 4.79 Å². The van der Waals surface area contributed by atoms with E-state index in [1.807, 2.05) is 24.3 Å². The van der Waals surface area contributed by atoms with Crippen molar-refractivity contribution in [1.82, 2.24) is 14.8 Å². The Balaban J connectivity index is 0.818. The van der Waals surface area contributed by atoms with Crippen molar-refractivity contribution in [2.24, 2.45) is 0 Å². The van der Waals surface area contributed by atoms with Crippen molar-refractivity contribution in [2.45, 2.75) is 38.5 Å².